The number of nitrogens with one attached hydrogen (secondary N) is 1. The third-order valence-corrected chi connectivity index (χ3v) is 1.95. The van der Waals surface area contributed by atoms with Crippen LogP contribution in [-0.4, -0.2) is 28.1 Å². The first-order valence-electron chi connectivity index (χ1n) is 5.72. The molecule has 1 amide bonds. The number of carbonyl (C=O) groups excluding carboxylic acids is 1. The molecule has 0 atom stereocenters. The highest BCUT2D eigenvalue weighted by Crippen LogP contribution is 2.15. The van der Waals surface area contributed by atoms with Gasteiger partial charge in [0.15, 0.2) is 0 Å². The molecule has 0 saturated heterocycles. The molecule has 0 radical (unpaired) electrons. The van der Waals surface area contributed by atoms with Crippen LogP contribution in [0.15, 0.2) is 18.2 Å². The van der Waals surface area contributed by atoms with Gasteiger partial charge < -0.3 is 15.5 Å². The zero-order valence-electron chi connectivity index (χ0n) is 11.0. The van der Waals surface area contributed by atoms with Crippen molar-refractivity contribution in [2.24, 2.45) is 0 Å². The Labute approximate surface area is 115 Å². The van der Waals surface area contributed by atoms with Crippen LogP contribution in [0, 0.1) is 11.3 Å². The zero-order valence-corrected chi connectivity index (χ0v) is 11.0. The minimum atomic E-state index is -1.31. The molecule has 0 unspecified atom stereocenters. The van der Waals surface area contributed by atoms with Gasteiger partial charge in [0.1, 0.15) is 6.42 Å². The van der Waals surface area contributed by atoms with E-state index in [1.165, 1.54) is 0 Å². The number of hydrogen-bond donors (Lipinski definition) is 3. The van der Waals surface area contributed by atoms with E-state index in [9.17, 15) is 14.4 Å². The molecule has 0 aliphatic rings. The molecule has 0 fully saturated rings. The van der Waals surface area contributed by atoms with Crippen LogP contribution in [0.5, 0.6) is 0 Å². The number of carbonyl (C=O) groups is 3. The molecule has 1 rings (SSSR count). The van der Waals surface area contributed by atoms with E-state index in [1.54, 1.807) is 6.07 Å². The maximum atomic E-state index is 11.1. The molecule has 20 heavy (non-hydrogen) atoms. The van der Waals surface area contributed by atoms with Crippen LogP contribution < -0.4 is 5.32 Å². The molecule has 0 heterocycles. The van der Waals surface area contributed by atoms with Crippen molar-refractivity contribution in [3.05, 3.63) is 29.3 Å². The van der Waals surface area contributed by atoms with Crippen LogP contribution in [0.25, 0.3) is 0 Å². The van der Waals surface area contributed by atoms with Crippen molar-refractivity contribution in [2.75, 3.05) is 5.32 Å². The highest BCUT2D eigenvalue weighted by molar-refractivity contribution is 5.98. The summed E-state index contributed by atoms with van der Waals surface area (Å²) in [4.78, 5) is 32.7. The molecule has 1 aromatic rings. The number of aromatic carboxylic acids is 2. The highest BCUT2D eigenvalue weighted by atomic mass is 16.4. The molecule has 3 N–H and O–H groups in total. The van der Waals surface area contributed by atoms with E-state index >= 15 is 0 Å². The van der Waals surface area contributed by atoms with Gasteiger partial charge in [-0.15, -0.1) is 0 Å². The fourth-order valence-electron chi connectivity index (χ4n) is 1.22. The molecule has 0 bridgehead atoms. The fraction of sp³-hybridized carbons (Fsp3) is 0.231. The van der Waals surface area contributed by atoms with Crippen molar-refractivity contribution in [1.29, 1.82) is 5.26 Å². The first-order chi connectivity index (χ1) is 9.43. The number of carboxylic acid groups (broad SMARTS) is 2. The predicted molar refractivity (Wildman–Crippen MR) is 70.6 cm³/mol. The summed E-state index contributed by atoms with van der Waals surface area (Å²) in [5.41, 5.74) is -0.503. The first kappa shape index (κ1) is 17.1. The summed E-state index contributed by atoms with van der Waals surface area (Å²) < 4.78 is 0. The number of benzene rings is 1. The normalized spacial score (nSPS) is 8.65. The van der Waals surface area contributed by atoms with Crippen molar-refractivity contribution in [2.45, 2.75) is 20.3 Å². The highest BCUT2D eigenvalue weighted by Gasteiger charge is 2.12. The minimum absolute atomic E-state index is 0.0209. The van der Waals surface area contributed by atoms with Gasteiger partial charge in [-0.2, -0.15) is 5.26 Å². The third-order valence-electron chi connectivity index (χ3n) is 1.95. The smallest absolute Gasteiger partial charge is 0.335 e. The van der Waals surface area contributed by atoms with Gasteiger partial charge in [0, 0.05) is 5.69 Å². The number of nitrogens with zero attached hydrogens (tertiary/aromatic N) is 1. The van der Waals surface area contributed by atoms with Crippen molar-refractivity contribution >= 4 is 23.5 Å². The van der Waals surface area contributed by atoms with E-state index in [-0.39, 0.29) is 16.8 Å². The number of nitriles is 1. The van der Waals surface area contributed by atoms with E-state index in [1.807, 2.05) is 13.8 Å². The van der Waals surface area contributed by atoms with Gasteiger partial charge in [-0.3, -0.25) is 4.79 Å². The summed E-state index contributed by atoms with van der Waals surface area (Å²) in [5, 5.41) is 28.1. The standard InChI is InChI=1S/C11H8N2O5.C2H6/c12-2-1-9(14)13-8-4-6(10(15)16)3-7(5-8)11(17)18;1-2/h3-5H,1H2,(H,13,14)(H,15,16)(H,17,18);1-2H3. The Hall–Kier alpha value is -2.88. The van der Waals surface area contributed by atoms with E-state index in [0.717, 1.165) is 18.2 Å². The molecule has 0 spiro atoms. The second kappa shape index (κ2) is 8.26. The Balaban J connectivity index is 0.00000172. The van der Waals surface area contributed by atoms with Gasteiger partial charge in [0.05, 0.1) is 17.2 Å². The summed E-state index contributed by atoms with van der Waals surface area (Å²) in [5.74, 6) is -3.26. The number of carboxylic acids is 2. The summed E-state index contributed by atoms with van der Waals surface area (Å²) in [7, 11) is 0. The number of rotatable bonds is 4. The molecule has 0 aliphatic carbocycles. The van der Waals surface area contributed by atoms with Crippen LogP contribution in [0.2, 0.25) is 0 Å². The SMILES string of the molecule is CC.N#CCC(=O)Nc1cc(C(=O)O)cc(C(=O)O)c1. The number of hydrogen-bond acceptors (Lipinski definition) is 4. The summed E-state index contributed by atoms with van der Waals surface area (Å²) in [6, 6.07) is 4.82. The largest absolute Gasteiger partial charge is 0.478 e. The lowest BCUT2D eigenvalue weighted by Gasteiger charge is -2.06. The Bertz CT molecular complexity index is 528. The Kier molecular flexibility index (Phi) is 7.07. The van der Waals surface area contributed by atoms with Crippen molar-refractivity contribution in [3.63, 3.8) is 0 Å². The third kappa shape index (κ3) is 5.18. The lowest BCUT2D eigenvalue weighted by molar-refractivity contribution is -0.115. The second-order valence-corrected chi connectivity index (χ2v) is 3.29. The Morgan fingerprint density at radius 2 is 1.55 bits per heavy atom. The van der Waals surface area contributed by atoms with Gasteiger partial charge >= 0.3 is 11.9 Å². The molecular formula is C13H14N2O5. The molecule has 0 aromatic heterocycles. The fourth-order valence-corrected chi connectivity index (χ4v) is 1.22. The van der Waals surface area contributed by atoms with Crippen LogP contribution >= 0.6 is 0 Å². The second-order valence-electron chi connectivity index (χ2n) is 3.29. The monoisotopic (exact) mass is 278 g/mol. The maximum Gasteiger partial charge on any atom is 0.335 e. The van der Waals surface area contributed by atoms with Crippen LogP contribution in [0.4, 0.5) is 5.69 Å². The van der Waals surface area contributed by atoms with Crippen LogP contribution in [0.1, 0.15) is 41.0 Å². The van der Waals surface area contributed by atoms with E-state index in [2.05, 4.69) is 5.32 Å². The van der Waals surface area contributed by atoms with E-state index in [0.29, 0.717) is 0 Å². The van der Waals surface area contributed by atoms with E-state index < -0.39 is 24.3 Å². The van der Waals surface area contributed by atoms with Gasteiger partial charge in [0.25, 0.3) is 0 Å². The van der Waals surface area contributed by atoms with Gasteiger partial charge in [-0.25, -0.2) is 9.59 Å². The Morgan fingerprint density at radius 3 is 1.90 bits per heavy atom. The minimum Gasteiger partial charge on any atom is -0.478 e. The molecular weight excluding hydrogens is 264 g/mol. The topological polar surface area (TPSA) is 127 Å². The molecule has 0 saturated carbocycles. The zero-order chi connectivity index (χ0) is 15.7. The maximum absolute atomic E-state index is 11.1. The average molecular weight is 278 g/mol. The number of anilines is 1. The number of amides is 1. The summed E-state index contributed by atoms with van der Waals surface area (Å²) in [6.45, 7) is 4.00. The molecule has 106 valence electrons. The predicted octanol–water partition coefficient (Wildman–Crippen LogP) is 1.96. The Morgan fingerprint density at radius 1 is 1.10 bits per heavy atom. The lowest BCUT2D eigenvalue weighted by atomic mass is 10.1. The van der Waals surface area contributed by atoms with Crippen LogP contribution in [-0.2, 0) is 4.79 Å². The van der Waals surface area contributed by atoms with Gasteiger partial charge in [0.2, 0.25) is 5.91 Å². The van der Waals surface area contributed by atoms with Crippen molar-refractivity contribution in [3.8, 4) is 6.07 Å². The first-order valence-corrected chi connectivity index (χ1v) is 5.72. The van der Waals surface area contributed by atoms with Gasteiger partial charge in [-0.1, -0.05) is 13.8 Å². The summed E-state index contributed by atoms with van der Waals surface area (Å²) in [6.07, 6.45) is -0.403. The average Bonchev–Trinajstić information content (AvgIpc) is 2.40. The quantitative estimate of drug-likeness (QED) is 0.772. The van der Waals surface area contributed by atoms with E-state index in [4.69, 9.17) is 15.5 Å². The molecule has 0 aliphatic heterocycles. The molecule has 1 aromatic carbocycles. The van der Waals surface area contributed by atoms with Gasteiger partial charge in [-0.05, 0) is 18.2 Å². The molecule has 7 heteroatoms. The van der Waals surface area contributed by atoms with Crippen molar-refractivity contribution < 1.29 is 24.6 Å². The molecule has 7 nitrogen and oxygen atoms in total. The summed E-state index contributed by atoms with van der Waals surface area (Å²) >= 11 is 0. The van der Waals surface area contributed by atoms with Crippen LogP contribution in [0.3, 0.4) is 0 Å². The van der Waals surface area contributed by atoms with Crippen molar-refractivity contribution in [1.82, 2.24) is 0 Å². The lowest BCUT2D eigenvalue weighted by Crippen LogP contribution is -2.12.